The average Bonchev–Trinajstić information content (AvgIpc) is 2.88. The number of fused-ring (bicyclic) bond motifs is 4. The third-order valence-electron chi connectivity index (χ3n) is 4.03. The molecule has 4 rings (SSSR count). The number of hydrogen-bond donors (Lipinski definition) is 2. The van der Waals surface area contributed by atoms with Gasteiger partial charge < -0.3 is 15.2 Å². The fourth-order valence-electron chi connectivity index (χ4n) is 2.89. The summed E-state index contributed by atoms with van der Waals surface area (Å²) in [6.45, 7) is 5.30. The minimum Gasteiger partial charge on any atom is -0.395 e. The Morgan fingerprint density at radius 2 is 2.26 bits per heavy atom. The number of ether oxygens (including phenoxy) is 1. The van der Waals surface area contributed by atoms with E-state index in [1.807, 2.05) is 0 Å². The Labute approximate surface area is 137 Å². The first-order chi connectivity index (χ1) is 11.1. The van der Waals surface area contributed by atoms with E-state index >= 15 is 0 Å². The highest BCUT2D eigenvalue weighted by Crippen LogP contribution is 2.37. The largest absolute Gasteiger partial charge is 0.395 e. The lowest BCUT2D eigenvalue weighted by Gasteiger charge is -2.30. The van der Waals surface area contributed by atoms with Crippen LogP contribution >= 0.6 is 11.3 Å². The maximum atomic E-state index is 9.00. The molecule has 0 aromatic carbocycles. The number of pyridine rings is 1. The van der Waals surface area contributed by atoms with Crippen molar-refractivity contribution in [3.05, 3.63) is 23.7 Å². The first-order valence-corrected chi connectivity index (χ1v) is 8.44. The van der Waals surface area contributed by atoms with Crippen LogP contribution in [-0.2, 0) is 17.8 Å². The normalized spacial score (nSPS) is 16.7. The van der Waals surface area contributed by atoms with E-state index in [1.54, 1.807) is 17.7 Å². The van der Waals surface area contributed by atoms with E-state index in [2.05, 4.69) is 35.2 Å². The van der Waals surface area contributed by atoms with Crippen LogP contribution in [0.4, 0.5) is 5.82 Å². The molecule has 6 nitrogen and oxygen atoms in total. The van der Waals surface area contributed by atoms with Gasteiger partial charge in [0, 0.05) is 23.9 Å². The summed E-state index contributed by atoms with van der Waals surface area (Å²) in [6.07, 6.45) is 2.36. The number of aromatic nitrogens is 3. The fraction of sp³-hybridized carbons (Fsp3) is 0.438. The van der Waals surface area contributed by atoms with E-state index in [0.717, 1.165) is 43.9 Å². The molecule has 0 amide bonds. The zero-order valence-electron chi connectivity index (χ0n) is 13.1. The lowest BCUT2D eigenvalue weighted by molar-refractivity contribution is -0.0411. The number of anilines is 1. The number of nitrogens with zero attached hydrogens (tertiary/aromatic N) is 3. The number of aliphatic hydroxyl groups excluding tert-OH is 1. The molecule has 0 unspecified atom stereocenters. The highest BCUT2D eigenvalue weighted by molar-refractivity contribution is 7.25. The van der Waals surface area contributed by atoms with Crippen molar-refractivity contribution in [2.24, 2.45) is 0 Å². The highest BCUT2D eigenvalue weighted by atomic mass is 32.1. The molecule has 0 fully saturated rings. The Morgan fingerprint density at radius 3 is 3.09 bits per heavy atom. The average molecular weight is 330 g/mol. The molecule has 3 aromatic rings. The van der Waals surface area contributed by atoms with Crippen LogP contribution in [-0.4, -0.2) is 38.8 Å². The molecule has 0 spiro atoms. The standard InChI is InChI=1S/C16H18N4O2S/c1-16(2)6-11-9(7-22-16)5-10-12-13(23-15(10)20-11)14(17-3-4-21)19-8-18-12/h5,8,21H,3-4,6-7H2,1-2H3,(H,17,18,19). The van der Waals surface area contributed by atoms with Crippen LogP contribution in [0, 0.1) is 0 Å². The fourth-order valence-corrected chi connectivity index (χ4v) is 3.98. The van der Waals surface area contributed by atoms with Crippen molar-refractivity contribution < 1.29 is 9.84 Å². The molecule has 0 bridgehead atoms. The second-order valence-electron chi connectivity index (χ2n) is 6.32. The molecule has 0 atom stereocenters. The summed E-state index contributed by atoms with van der Waals surface area (Å²) in [7, 11) is 0. The van der Waals surface area contributed by atoms with Gasteiger partial charge in [-0.1, -0.05) is 0 Å². The zero-order valence-corrected chi connectivity index (χ0v) is 13.9. The van der Waals surface area contributed by atoms with Gasteiger partial charge in [0.15, 0.2) is 0 Å². The van der Waals surface area contributed by atoms with Gasteiger partial charge in [-0.2, -0.15) is 0 Å². The smallest absolute Gasteiger partial charge is 0.147 e. The maximum absolute atomic E-state index is 9.00. The lowest BCUT2D eigenvalue weighted by atomic mass is 9.95. The van der Waals surface area contributed by atoms with Gasteiger partial charge >= 0.3 is 0 Å². The van der Waals surface area contributed by atoms with Crippen LogP contribution in [0.3, 0.4) is 0 Å². The van der Waals surface area contributed by atoms with Crippen molar-refractivity contribution in [3.63, 3.8) is 0 Å². The third kappa shape index (κ3) is 2.54. The zero-order chi connectivity index (χ0) is 16.0. The van der Waals surface area contributed by atoms with E-state index in [4.69, 9.17) is 14.8 Å². The van der Waals surface area contributed by atoms with Crippen molar-refractivity contribution in [1.29, 1.82) is 0 Å². The summed E-state index contributed by atoms with van der Waals surface area (Å²) in [6, 6.07) is 2.15. The SMILES string of the molecule is CC1(C)Cc2nc3sc4c(NCCO)ncnc4c3cc2CO1. The van der Waals surface area contributed by atoms with Gasteiger partial charge in [0.05, 0.1) is 34.7 Å². The quantitative estimate of drug-likeness (QED) is 0.768. The maximum Gasteiger partial charge on any atom is 0.147 e. The van der Waals surface area contributed by atoms with Crippen molar-refractivity contribution in [2.75, 3.05) is 18.5 Å². The Kier molecular flexibility index (Phi) is 3.44. The summed E-state index contributed by atoms with van der Waals surface area (Å²) in [5, 5.41) is 13.2. The number of aliphatic hydroxyl groups is 1. The van der Waals surface area contributed by atoms with Gasteiger partial charge in [-0.05, 0) is 19.9 Å². The van der Waals surface area contributed by atoms with E-state index in [0.29, 0.717) is 13.2 Å². The second-order valence-corrected chi connectivity index (χ2v) is 7.32. The van der Waals surface area contributed by atoms with Crippen LogP contribution < -0.4 is 5.32 Å². The van der Waals surface area contributed by atoms with Crippen LogP contribution in [0.5, 0.6) is 0 Å². The molecule has 0 aliphatic carbocycles. The Balaban J connectivity index is 1.88. The molecule has 23 heavy (non-hydrogen) atoms. The molecule has 0 saturated heterocycles. The molecule has 1 aliphatic heterocycles. The second kappa shape index (κ2) is 5.36. The first-order valence-electron chi connectivity index (χ1n) is 7.62. The molecule has 1 aliphatic rings. The van der Waals surface area contributed by atoms with Crippen molar-refractivity contribution in [2.45, 2.75) is 32.5 Å². The molecule has 0 radical (unpaired) electrons. The molecule has 4 heterocycles. The van der Waals surface area contributed by atoms with Gasteiger partial charge in [-0.15, -0.1) is 11.3 Å². The van der Waals surface area contributed by atoms with E-state index in [1.165, 1.54) is 0 Å². The van der Waals surface area contributed by atoms with E-state index in [-0.39, 0.29) is 12.2 Å². The van der Waals surface area contributed by atoms with Crippen LogP contribution in [0.25, 0.3) is 20.4 Å². The monoisotopic (exact) mass is 330 g/mol. The van der Waals surface area contributed by atoms with Gasteiger partial charge in [0.1, 0.15) is 17.0 Å². The summed E-state index contributed by atoms with van der Waals surface area (Å²) < 4.78 is 6.87. The lowest BCUT2D eigenvalue weighted by Crippen LogP contribution is -2.32. The van der Waals surface area contributed by atoms with Crippen molar-refractivity contribution in [3.8, 4) is 0 Å². The predicted molar refractivity (Wildman–Crippen MR) is 90.9 cm³/mol. The molecule has 3 aromatic heterocycles. The van der Waals surface area contributed by atoms with Crippen molar-refractivity contribution in [1.82, 2.24) is 15.0 Å². The minimum atomic E-state index is -0.169. The van der Waals surface area contributed by atoms with Crippen LogP contribution in [0.1, 0.15) is 25.1 Å². The number of nitrogens with one attached hydrogen (secondary N) is 1. The molecular formula is C16H18N4O2S. The van der Waals surface area contributed by atoms with Gasteiger partial charge in [0.25, 0.3) is 0 Å². The predicted octanol–water partition coefficient (Wildman–Crippen LogP) is 2.50. The number of thiophene rings is 1. The van der Waals surface area contributed by atoms with Crippen LogP contribution in [0.2, 0.25) is 0 Å². The van der Waals surface area contributed by atoms with Crippen LogP contribution in [0.15, 0.2) is 12.4 Å². The van der Waals surface area contributed by atoms with Gasteiger partial charge in [0.2, 0.25) is 0 Å². The topological polar surface area (TPSA) is 80.2 Å². The van der Waals surface area contributed by atoms with Gasteiger partial charge in [-0.3, -0.25) is 0 Å². The van der Waals surface area contributed by atoms with Crippen molar-refractivity contribution >= 4 is 37.6 Å². The number of hydrogen-bond acceptors (Lipinski definition) is 7. The molecular weight excluding hydrogens is 312 g/mol. The summed E-state index contributed by atoms with van der Waals surface area (Å²) in [4.78, 5) is 14.6. The van der Waals surface area contributed by atoms with Gasteiger partial charge in [-0.25, -0.2) is 15.0 Å². The molecule has 0 saturated carbocycles. The summed E-state index contributed by atoms with van der Waals surface area (Å²) in [5.41, 5.74) is 2.98. The summed E-state index contributed by atoms with van der Waals surface area (Å²) >= 11 is 1.59. The Hall–Kier alpha value is -1.83. The first kappa shape index (κ1) is 14.7. The Bertz CT molecular complexity index is 891. The number of rotatable bonds is 3. The van der Waals surface area contributed by atoms with E-state index < -0.39 is 0 Å². The highest BCUT2D eigenvalue weighted by Gasteiger charge is 2.28. The molecule has 7 heteroatoms. The van der Waals surface area contributed by atoms with E-state index in [9.17, 15) is 0 Å². The molecule has 2 N–H and O–H groups in total. The summed E-state index contributed by atoms with van der Waals surface area (Å²) in [5.74, 6) is 0.751. The third-order valence-corrected chi connectivity index (χ3v) is 5.13. The molecule has 120 valence electrons. The Morgan fingerprint density at radius 1 is 1.39 bits per heavy atom. The minimum absolute atomic E-state index is 0.0648.